The number of hydrogen-bond donors (Lipinski definition) is 1. The van der Waals surface area contributed by atoms with E-state index in [1.807, 2.05) is 26.0 Å². The van der Waals surface area contributed by atoms with Gasteiger partial charge in [0.15, 0.2) is 0 Å². The van der Waals surface area contributed by atoms with E-state index in [4.69, 9.17) is 10.5 Å². The molecule has 142 valence electrons. The molecule has 2 aromatic carbocycles. The van der Waals surface area contributed by atoms with Crippen molar-refractivity contribution in [2.75, 3.05) is 7.05 Å². The summed E-state index contributed by atoms with van der Waals surface area (Å²) < 4.78 is 6.08. The summed E-state index contributed by atoms with van der Waals surface area (Å²) in [5, 5.41) is 0. The second-order valence-corrected chi connectivity index (χ2v) is 6.76. The van der Waals surface area contributed by atoms with Crippen LogP contribution in [0.15, 0.2) is 36.4 Å². The average Bonchev–Trinajstić information content (AvgIpc) is 2.54. The smallest absolute Gasteiger partial charge is 0.239 e. The summed E-state index contributed by atoms with van der Waals surface area (Å²) in [6, 6.07) is 11.9. The first-order chi connectivity index (χ1) is 11.8. The SMILES string of the molecule is Cc1ccccc1COc1c(C)cc(CN(C)C(=O)[C@@H](C)N)cc1C.Cl. The molecule has 5 heteroatoms. The van der Waals surface area contributed by atoms with E-state index < -0.39 is 6.04 Å². The summed E-state index contributed by atoms with van der Waals surface area (Å²) in [6.45, 7) is 8.97. The number of ether oxygens (including phenoxy) is 1. The quantitative estimate of drug-likeness (QED) is 0.831. The Labute approximate surface area is 162 Å². The van der Waals surface area contributed by atoms with Gasteiger partial charge in [0.1, 0.15) is 12.4 Å². The Balaban J connectivity index is 0.00000338. The van der Waals surface area contributed by atoms with Crippen molar-refractivity contribution >= 4 is 18.3 Å². The van der Waals surface area contributed by atoms with Gasteiger partial charge in [-0.1, -0.05) is 36.4 Å². The van der Waals surface area contributed by atoms with Crippen molar-refractivity contribution in [1.82, 2.24) is 4.90 Å². The first-order valence-corrected chi connectivity index (χ1v) is 8.57. The number of carbonyl (C=O) groups is 1. The monoisotopic (exact) mass is 376 g/mol. The minimum atomic E-state index is -0.482. The number of amides is 1. The lowest BCUT2D eigenvalue weighted by molar-refractivity contribution is -0.131. The molecule has 0 aromatic heterocycles. The molecule has 2 rings (SSSR count). The molecule has 0 aliphatic heterocycles. The van der Waals surface area contributed by atoms with Gasteiger partial charge in [0, 0.05) is 13.6 Å². The molecule has 0 aliphatic carbocycles. The third-order valence-electron chi connectivity index (χ3n) is 4.34. The van der Waals surface area contributed by atoms with E-state index in [9.17, 15) is 4.79 Å². The molecule has 0 radical (unpaired) electrons. The number of aryl methyl sites for hydroxylation is 3. The largest absolute Gasteiger partial charge is 0.488 e. The van der Waals surface area contributed by atoms with Gasteiger partial charge in [0.25, 0.3) is 0 Å². The van der Waals surface area contributed by atoms with E-state index in [0.29, 0.717) is 13.2 Å². The maximum atomic E-state index is 12.0. The summed E-state index contributed by atoms with van der Waals surface area (Å²) in [6.07, 6.45) is 0. The lowest BCUT2D eigenvalue weighted by Crippen LogP contribution is -2.39. The lowest BCUT2D eigenvalue weighted by Gasteiger charge is -2.21. The number of halogens is 1. The van der Waals surface area contributed by atoms with Gasteiger partial charge in [-0.2, -0.15) is 0 Å². The summed E-state index contributed by atoms with van der Waals surface area (Å²) in [5.41, 5.74) is 11.3. The van der Waals surface area contributed by atoms with Crippen LogP contribution in [0.3, 0.4) is 0 Å². The van der Waals surface area contributed by atoms with Crippen LogP contribution in [-0.2, 0) is 17.9 Å². The van der Waals surface area contributed by atoms with Gasteiger partial charge >= 0.3 is 0 Å². The third kappa shape index (κ3) is 5.48. The van der Waals surface area contributed by atoms with Crippen molar-refractivity contribution in [2.45, 2.75) is 46.9 Å². The Bertz CT molecular complexity index is 736. The van der Waals surface area contributed by atoms with Crippen LogP contribution in [0.1, 0.15) is 34.7 Å². The highest BCUT2D eigenvalue weighted by molar-refractivity contribution is 5.85. The summed E-state index contributed by atoms with van der Waals surface area (Å²) >= 11 is 0. The van der Waals surface area contributed by atoms with E-state index in [-0.39, 0.29) is 18.3 Å². The van der Waals surface area contributed by atoms with Crippen molar-refractivity contribution in [3.05, 3.63) is 64.2 Å². The van der Waals surface area contributed by atoms with Crippen LogP contribution >= 0.6 is 12.4 Å². The highest BCUT2D eigenvalue weighted by Crippen LogP contribution is 2.26. The second-order valence-electron chi connectivity index (χ2n) is 6.76. The predicted octanol–water partition coefficient (Wildman–Crippen LogP) is 3.92. The number of nitrogens with two attached hydrogens (primary N) is 1. The molecule has 0 heterocycles. The maximum Gasteiger partial charge on any atom is 0.239 e. The Morgan fingerprint density at radius 3 is 2.23 bits per heavy atom. The van der Waals surface area contributed by atoms with Crippen LogP contribution in [0.5, 0.6) is 5.75 Å². The standard InChI is InChI=1S/C21H28N2O2.ClH/c1-14-8-6-7-9-19(14)13-25-20-15(2)10-18(11-16(20)3)12-23(5)21(24)17(4)22;/h6-11,17H,12-13,22H2,1-5H3;1H/t17-;/m1./s1. The third-order valence-corrected chi connectivity index (χ3v) is 4.34. The molecule has 0 fully saturated rings. The lowest BCUT2D eigenvalue weighted by atomic mass is 10.0. The highest BCUT2D eigenvalue weighted by Gasteiger charge is 2.15. The van der Waals surface area contributed by atoms with Crippen LogP contribution in [0.25, 0.3) is 0 Å². The van der Waals surface area contributed by atoms with Gasteiger partial charge in [-0.3, -0.25) is 4.79 Å². The summed E-state index contributed by atoms with van der Waals surface area (Å²) in [7, 11) is 1.78. The average molecular weight is 377 g/mol. The number of carbonyl (C=O) groups excluding carboxylic acids is 1. The number of likely N-dealkylation sites (N-methyl/N-ethyl adjacent to an activating group) is 1. The first-order valence-electron chi connectivity index (χ1n) is 8.57. The molecule has 4 nitrogen and oxygen atoms in total. The summed E-state index contributed by atoms with van der Waals surface area (Å²) in [5.74, 6) is 0.850. The first kappa shape index (κ1) is 22.0. The fraction of sp³-hybridized carbons (Fsp3) is 0.381. The molecule has 0 spiro atoms. The van der Waals surface area contributed by atoms with E-state index in [0.717, 1.165) is 22.4 Å². The predicted molar refractivity (Wildman–Crippen MR) is 109 cm³/mol. The van der Waals surface area contributed by atoms with Crippen LogP contribution in [0.4, 0.5) is 0 Å². The van der Waals surface area contributed by atoms with Crippen molar-refractivity contribution in [1.29, 1.82) is 0 Å². The van der Waals surface area contributed by atoms with Crippen molar-refractivity contribution in [3.8, 4) is 5.75 Å². The Morgan fingerprint density at radius 1 is 1.12 bits per heavy atom. The van der Waals surface area contributed by atoms with Gasteiger partial charge in [-0.25, -0.2) is 0 Å². The topological polar surface area (TPSA) is 55.6 Å². The second kappa shape index (κ2) is 9.60. The molecule has 1 amide bonds. The van der Waals surface area contributed by atoms with Crippen LogP contribution in [0.2, 0.25) is 0 Å². The fourth-order valence-electron chi connectivity index (χ4n) is 2.98. The number of hydrogen-bond acceptors (Lipinski definition) is 3. The Morgan fingerprint density at radius 2 is 1.69 bits per heavy atom. The molecule has 2 aromatic rings. The number of nitrogens with zero attached hydrogens (tertiary/aromatic N) is 1. The van der Waals surface area contributed by atoms with Crippen LogP contribution in [-0.4, -0.2) is 23.9 Å². The van der Waals surface area contributed by atoms with Crippen LogP contribution < -0.4 is 10.5 Å². The van der Waals surface area contributed by atoms with Gasteiger partial charge in [-0.05, 0) is 55.5 Å². The van der Waals surface area contributed by atoms with Gasteiger partial charge in [0.2, 0.25) is 5.91 Å². The minimum absolute atomic E-state index is 0. The molecule has 26 heavy (non-hydrogen) atoms. The normalized spacial score (nSPS) is 11.5. The number of benzene rings is 2. The molecule has 0 saturated carbocycles. The van der Waals surface area contributed by atoms with E-state index in [2.05, 4.69) is 31.2 Å². The molecule has 0 aliphatic rings. The zero-order chi connectivity index (χ0) is 18.6. The minimum Gasteiger partial charge on any atom is -0.488 e. The molecule has 1 atom stereocenters. The van der Waals surface area contributed by atoms with Crippen molar-refractivity contribution in [3.63, 3.8) is 0 Å². The van der Waals surface area contributed by atoms with Crippen LogP contribution in [0, 0.1) is 20.8 Å². The van der Waals surface area contributed by atoms with E-state index in [1.54, 1.807) is 18.9 Å². The zero-order valence-corrected chi connectivity index (χ0v) is 17.0. The Kier molecular flexibility index (Phi) is 8.12. The summed E-state index contributed by atoms with van der Waals surface area (Å²) in [4.78, 5) is 13.6. The Hall–Kier alpha value is -2.04. The van der Waals surface area contributed by atoms with Crippen molar-refractivity contribution < 1.29 is 9.53 Å². The van der Waals surface area contributed by atoms with Gasteiger partial charge in [0.05, 0.1) is 6.04 Å². The van der Waals surface area contributed by atoms with Gasteiger partial charge < -0.3 is 15.4 Å². The molecule has 0 unspecified atom stereocenters. The molecule has 2 N–H and O–H groups in total. The van der Waals surface area contributed by atoms with Gasteiger partial charge in [-0.15, -0.1) is 12.4 Å². The molecule has 0 saturated heterocycles. The van der Waals surface area contributed by atoms with E-state index in [1.165, 1.54) is 11.1 Å². The molecule has 0 bridgehead atoms. The molecular formula is C21H29ClN2O2. The maximum absolute atomic E-state index is 12.0. The zero-order valence-electron chi connectivity index (χ0n) is 16.2. The fourth-order valence-corrected chi connectivity index (χ4v) is 2.98. The molecular weight excluding hydrogens is 348 g/mol. The van der Waals surface area contributed by atoms with E-state index >= 15 is 0 Å². The highest BCUT2D eigenvalue weighted by atomic mass is 35.5. The number of rotatable bonds is 6. The van der Waals surface area contributed by atoms with Crippen molar-refractivity contribution in [2.24, 2.45) is 5.73 Å².